The van der Waals surface area contributed by atoms with Gasteiger partial charge in [0.2, 0.25) is 0 Å². The Morgan fingerprint density at radius 3 is 3.00 bits per heavy atom. The predicted octanol–water partition coefficient (Wildman–Crippen LogP) is 3.70. The summed E-state index contributed by atoms with van der Waals surface area (Å²) in [6.07, 6.45) is 5.28. The van der Waals surface area contributed by atoms with Gasteiger partial charge in [0.15, 0.2) is 0 Å². The number of hydrogen-bond donors (Lipinski definition) is 1. The number of ether oxygens (including phenoxy) is 1. The second-order valence-corrected chi connectivity index (χ2v) is 7.16. The summed E-state index contributed by atoms with van der Waals surface area (Å²) in [5.74, 6) is 0.870. The number of halogens is 2. The molecule has 2 aliphatic heterocycles. The maximum atomic E-state index is 5.95. The second kappa shape index (κ2) is 7.32. The largest absolute Gasteiger partial charge is 0.491 e. The zero-order valence-corrected chi connectivity index (χ0v) is 14.5. The maximum Gasteiger partial charge on any atom is 0.133 e. The Morgan fingerprint density at radius 1 is 1.33 bits per heavy atom. The van der Waals surface area contributed by atoms with Crippen LogP contribution in [0.1, 0.15) is 25.7 Å². The van der Waals surface area contributed by atoms with Crippen LogP contribution in [-0.4, -0.2) is 43.2 Å². The Morgan fingerprint density at radius 2 is 2.24 bits per heavy atom. The molecule has 0 amide bonds. The molecule has 2 saturated heterocycles. The molecular weight excluding hydrogens is 352 g/mol. The molecule has 2 aliphatic rings. The summed E-state index contributed by atoms with van der Waals surface area (Å²) >= 11 is 9.44. The lowest BCUT2D eigenvalue weighted by molar-refractivity contribution is 0.174. The molecule has 1 aromatic carbocycles. The van der Waals surface area contributed by atoms with Crippen LogP contribution in [0, 0.1) is 0 Å². The summed E-state index contributed by atoms with van der Waals surface area (Å²) in [6, 6.07) is 7.05. The van der Waals surface area contributed by atoms with Gasteiger partial charge in [-0.3, -0.25) is 4.90 Å². The Kier molecular flexibility index (Phi) is 5.43. The Balaban J connectivity index is 1.50. The normalized spacial score (nSPS) is 26.4. The summed E-state index contributed by atoms with van der Waals surface area (Å²) < 4.78 is 6.82. The molecule has 116 valence electrons. The fraction of sp³-hybridized carbons (Fsp3) is 0.625. The maximum absolute atomic E-state index is 5.95. The predicted molar refractivity (Wildman–Crippen MR) is 90.3 cm³/mol. The van der Waals surface area contributed by atoms with Crippen LogP contribution in [0.25, 0.3) is 0 Å². The van der Waals surface area contributed by atoms with E-state index >= 15 is 0 Å². The van der Waals surface area contributed by atoms with Crippen molar-refractivity contribution >= 4 is 27.5 Å². The van der Waals surface area contributed by atoms with Gasteiger partial charge in [0.25, 0.3) is 0 Å². The number of likely N-dealkylation sites (tertiary alicyclic amines) is 1. The first-order valence-electron chi connectivity index (χ1n) is 7.79. The second-order valence-electron chi connectivity index (χ2n) is 5.87. The first-order chi connectivity index (χ1) is 10.2. The van der Waals surface area contributed by atoms with Gasteiger partial charge in [0, 0.05) is 23.7 Å². The number of nitrogens with one attached hydrogen (secondary N) is 1. The summed E-state index contributed by atoms with van der Waals surface area (Å²) in [5, 5.41) is 4.37. The fourth-order valence-corrected chi connectivity index (χ4v) is 4.29. The van der Waals surface area contributed by atoms with Crippen LogP contribution in [0.5, 0.6) is 5.75 Å². The van der Waals surface area contributed by atoms with Gasteiger partial charge < -0.3 is 10.1 Å². The van der Waals surface area contributed by atoms with E-state index in [1.165, 1.54) is 38.8 Å². The monoisotopic (exact) mass is 372 g/mol. The summed E-state index contributed by atoms with van der Waals surface area (Å²) in [5.41, 5.74) is 0. The SMILES string of the molecule is Clc1ccc(OCCN2CCCC2C2CCCN2)c(Br)c1. The van der Waals surface area contributed by atoms with Gasteiger partial charge in [0.1, 0.15) is 12.4 Å². The molecule has 2 fully saturated rings. The molecule has 21 heavy (non-hydrogen) atoms. The van der Waals surface area contributed by atoms with Crippen LogP contribution in [0.2, 0.25) is 5.02 Å². The van der Waals surface area contributed by atoms with Crippen molar-refractivity contribution in [2.75, 3.05) is 26.2 Å². The van der Waals surface area contributed by atoms with E-state index in [9.17, 15) is 0 Å². The lowest BCUT2D eigenvalue weighted by Crippen LogP contribution is -2.45. The van der Waals surface area contributed by atoms with E-state index in [2.05, 4.69) is 26.1 Å². The van der Waals surface area contributed by atoms with Crippen LogP contribution < -0.4 is 10.1 Å². The van der Waals surface area contributed by atoms with Gasteiger partial charge in [-0.15, -0.1) is 0 Å². The Labute approximate surface area is 140 Å². The first kappa shape index (κ1) is 15.6. The van der Waals surface area contributed by atoms with Gasteiger partial charge in [-0.25, -0.2) is 0 Å². The van der Waals surface area contributed by atoms with Crippen molar-refractivity contribution in [2.45, 2.75) is 37.8 Å². The van der Waals surface area contributed by atoms with Gasteiger partial charge in [-0.1, -0.05) is 11.6 Å². The average molecular weight is 374 g/mol. The van der Waals surface area contributed by atoms with E-state index in [0.29, 0.717) is 12.1 Å². The smallest absolute Gasteiger partial charge is 0.133 e. The zero-order valence-electron chi connectivity index (χ0n) is 12.2. The Bertz CT molecular complexity index is 479. The average Bonchev–Trinajstić information content (AvgIpc) is 3.11. The minimum Gasteiger partial charge on any atom is -0.491 e. The molecular formula is C16H22BrClN2O. The van der Waals surface area contributed by atoms with Crippen molar-refractivity contribution in [3.63, 3.8) is 0 Å². The molecule has 0 saturated carbocycles. The quantitative estimate of drug-likeness (QED) is 0.852. The number of nitrogens with zero attached hydrogens (tertiary/aromatic N) is 1. The summed E-state index contributed by atoms with van der Waals surface area (Å²) in [6.45, 7) is 4.11. The van der Waals surface area contributed by atoms with Crippen LogP contribution in [-0.2, 0) is 0 Å². The summed E-state index contributed by atoms with van der Waals surface area (Å²) in [7, 11) is 0. The number of rotatable bonds is 5. The molecule has 3 rings (SSSR count). The van der Waals surface area contributed by atoms with Gasteiger partial charge in [-0.2, -0.15) is 0 Å². The Hall–Kier alpha value is -0.290. The van der Waals surface area contributed by atoms with E-state index in [1.807, 2.05) is 18.2 Å². The minimum atomic E-state index is 0.690. The standard InChI is InChI=1S/C16H22BrClN2O/c17-13-11-12(18)5-6-16(13)21-10-9-20-8-2-4-15(20)14-3-1-7-19-14/h5-6,11,14-15,19H,1-4,7-10H2. The van der Waals surface area contributed by atoms with E-state index in [4.69, 9.17) is 16.3 Å². The fourth-order valence-electron chi connectivity index (χ4n) is 3.49. The van der Waals surface area contributed by atoms with E-state index in [-0.39, 0.29) is 0 Å². The molecule has 2 unspecified atom stereocenters. The van der Waals surface area contributed by atoms with Crippen molar-refractivity contribution in [1.29, 1.82) is 0 Å². The van der Waals surface area contributed by atoms with Crippen LogP contribution in [0.15, 0.2) is 22.7 Å². The van der Waals surface area contributed by atoms with Gasteiger partial charge in [0.05, 0.1) is 4.47 Å². The first-order valence-corrected chi connectivity index (χ1v) is 8.96. The third-order valence-electron chi connectivity index (χ3n) is 4.51. The van der Waals surface area contributed by atoms with Crippen molar-refractivity contribution in [2.24, 2.45) is 0 Å². The molecule has 2 atom stereocenters. The zero-order chi connectivity index (χ0) is 14.7. The topological polar surface area (TPSA) is 24.5 Å². The highest BCUT2D eigenvalue weighted by Gasteiger charge is 2.32. The van der Waals surface area contributed by atoms with Crippen molar-refractivity contribution in [3.8, 4) is 5.75 Å². The molecule has 0 aliphatic carbocycles. The highest BCUT2D eigenvalue weighted by Crippen LogP contribution is 2.28. The number of hydrogen-bond acceptors (Lipinski definition) is 3. The molecule has 0 spiro atoms. The number of benzene rings is 1. The third-order valence-corrected chi connectivity index (χ3v) is 5.36. The van der Waals surface area contributed by atoms with E-state index in [0.717, 1.165) is 28.4 Å². The van der Waals surface area contributed by atoms with E-state index < -0.39 is 0 Å². The third kappa shape index (κ3) is 3.92. The van der Waals surface area contributed by atoms with Crippen LogP contribution >= 0.6 is 27.5 Å². The van der Waals surface area contributed by atoms with Gasteiger partial charge in [-0.05, 0) is 72.9 Å². The molecule has 0 bridgehead atoms. The lowest BCUT2D eigenvalue weighted by Gasteiger charge is -2.29. The molecule has 1 aromatic rings. The highest BCUT2D eigenvalue weighted by molar-refractivity contribution is 9.10. The highest BCUT2D eigenvalue weighted by atomic mass is 79.9. The molecule has 0 radical (unpaired) electrons. The van der Waals surface area contributed by atoms with Crippen molar-refractivity contribution in [1.82, 2.24) is 10.2 Å². The van der Waals surface area contributed by atoms with Gasteiger partial charge >= 0.3 is 0 Å². The lowest BCUT2D eigenvalue weighted by atomic mass is 10.0. The molecule has 0 aromatic heterocycles. The van der Waals surface area contributed by atoms with Crippen molar-refractivity contribution < 1.29 is 4.74 Å². The molecule has 5 heteroatoms. The minimum absolute atomic E-state index is 0.690. The van der Waals surface area contributed by atoms with E-state index in [1.54, 1.807) is 0 Å². The van der Waals surface area contributed by atoms with Crippen LogP contribution in [0.4, 0.5) is 0 Å². The van der Waals surface area contributed by atoms with Crippen molar-refractivity contribution in [3.05, 3.63) is 27.7 Å². The molecule has 2 heterocycles. The summed E-state index contributed by atoms with van der Waals surface area (Å²) in [4.78, 5) is 2.59. The molecule has 1 N–H and O–H groups in total. The molecule has 3 nitrogen and oxygen atoms in total. The van der Waals surface area contributed by atoms with Crippen LogP contribution in [0.3, 0.4) is 0 Å².